The molecule has 0 bridgehead atoms. The van der Waals surface area contributed by atoms with Crippen LogP contribution in [0.4, 0.5) is 13.2 Å². The van der Waals surface area contributed by atoms with Gasteiger partial charge in [-0.15, -0.1) is 0 Å². The van der Waals surface area contributed by atoms with Gasteiger partial charge in [-0.05, 0) is 18.2 Å². The van der Waals surface area contributed by atoms with Crippen molar-refractivity contribution < 1.29 is 13.2 Å². The van der Waals surface area contributed by atoms with Crippen molar-refractivity contribution in [3.05, 3.63) is 46.9 Å². The van der Waals surface area contributed by atoms with Crippen LogP contribution in [0.25, 0.3) is 5.82 Å². The monoisotopic (exact) mass is 271 g/mol. The molecule has 0 aliphatic rings. The van der Waals surface area contributed by atoms with E-state index < -0.39 is 11.7 Å². The minimum absolute atomic E-state index is 0.0891. The van der Waals surface area contributed by atoms with E-state index in [4.69, 9.17) is 16.9 Å². The van der Waals surface area contributed by atoms with Gasteiger partial charge in [-0.2, -0.15) is 18.4 Å². The fourth-order valence-corrected chi connectivity index (χ4v) is 1.68. The minimum Gasteiger partial charge on any atom is -0.291 e. The van der Waals surface area contributed by atoms with Crippen molar-refractivity contribution in [2.45, 2.75) is 6.18 Å². The van der Waals surface area contributed by atoms with E-state index in [1.54, 1.807) is 6.07 Å². The largest absolute Gasteiger partial charge is 0.417 e. The Morgan fingerprint density at radius 1 is 1.39 bits per heavy atom. The summed E-state index contributed by atoms with van der Waals surface area (Å²) in [6.45, 7) is 0. The van der Waals surface area contributed by atoms with E-state index >= 15 is 0 Å². The van der Waals surface area contributed by atoms with Gasteiger partial charge in [-0.3, -0.25) is 4.57 Å². The third-order valence-corrected chi connectivity index (χ3v) is 2.52. The topological polar surface area (TPSA) is 41.6 Å². The molecule has 7 heteroatoms. The lowest BCUT2D eigenvalue weighted by Gasteiger charge is -2.10. The Kier molecular flexibility index (Phi) is 3.01. The molecule has 0 saturated heterocycles. The summed E-state index contributed by atoms with van der Waals surface area (Å²) in [5.74, 6) is 0.0891. The van der Waals surface area contributed by atoms with Crippen molar-refractivity contribution in [2.75, 3.05) is 0 Å². The van der Waals surface area contributed by atoms with Crippen molar-refractivity contribution in [1.29, 1.82) is 5.26 Å². The second-order valence-corrected chi connectivity index (χ2v) is 3.81. The minimum atomic E-state index is -4.50. The number of pyridine rings is 1. The van der Waals surface area contributed by atoms with E-state index in [-0.39, 0.29) is 16.5 Å². The highest BCUT2D eigenvalue weighted by molar-refractivity contribution is 6.32. The molecule has 2 aromatic rings. The average Bonchev–Trinajstić information content (AvgIpc) is 2.75. The zero-order valence-electron chi connectivity index (χ0n) is 8.74. The first kappa shape index (κ1) is 12.5. The maximum Gasteiger partial charge on any atom is 0.417 e. The zero-order chi connectivity index (χ0) is 13.3. The Bertz CT molecular complexity index is 625. The molecule has 18 heavy (non-hydrogen) atoms. The van der Waals surface area contributed by atoms with E-state index in [0.29, 0.717) is 6.20 Å². The predicted molar refractivity (Wildman–Crippen MR) is 58.3 cm³/mol. The molecule has 2 rings (SSSR count). The molecule has 2 aromatic heterocycles. The van der Waals surface area contributed by atoms with Crippen molar-refractivity contribution in [1.82, 2.24) is 9.55 Å². The summed E-state index contributed by atoms with van der Waals surface area (Å²) in [5, 5.41) is 8.65. The van der Waals surface area contributed by atoms with Gasteiger partial charge < -0.3 is 0 Å². The van der Waals surface area contributed by atoms with Crippen LogP contribution in [0, 0.1) is 11.3 Å². The summed E-state index contributed by atoms with van der Waals surface area (Å²) in [4.78, 5) is 3.66. The highest BCUT2D eigenvalue weighted by Gasteiger charge is 2.31. The number of rotatable bonds is 1. The highest BCUT2D eigenvalue weighted by atomic mass is 35.5. The average molecular weight is 272 g/mol. The summed E-state index contributed by atoms with van der Waals surface area (Å²) in [7, 11) is 0. The van der Waals surface area contributed by atoms with Crippen LogP contribution in [0.3, 0.4) is 0 Å². The molecule has 0 radical (unpaired) electrons. The molecule has 0 spiro atoms. The van der Waals surface area contributed by atoms with Gasteiger partial charge in [0.1, 0.15) is 11.8 Å². The molecule has 0 aromatic carbocycles. The second-order valence-electron chi connectivity index (χ2n) is 3.40. The second kappa shape index (κ2) is 4.35. The molecule has 0 atom stereocenters. The molecule has 0 aliphatic carbocycles. The van der Waals surface area contributed by atoms with Gasteiger partial charge in [0, 0.05) is 12.4 Å². The molecule has 92 valence electrons. The number of nitriles is 1. The molecular formula is C11H5ClF3N3. The number of aromatic nitrogens is 2. The molecule has 3 nitrogen and oxygen atoms in total. The first-order chi connectivity index (χ1) is 8.43. The highest BCUT2D eigenvalue weighted by Crippen LogP contribution is 2.32. The van der Waals surface area contributed by atoms with Gasteiger partial charge in [0.25, 0.3) is 0 Å². The van der Waals surface area contributed by atoms with Crippen LogP contribution in [0.2, 0.25) is 5.02 Å². The molecular weight excluding hydrogens is 267 g/mol. The zero-order valence-corrected chi connectivity index (χ0v) is 9.50. The van der Waals surface area contributed by atoms with Gasteiger partial charge in [0.05, 0.1) is 10.6 Å². The first-order valence-corrected chi connectivity index (χ1v) is 5.12. The summed E-state index contributed by atoms with van der Waals surface area (Å²) in [6.07, 6.45) is -2.31. The quantitative estimate of drug-likeness (QED) is 0.797. The van der Waals surface area contributed by atoms with Crippen LogP contribution in [0.1, 0.15) is 11.3 Å². The third kappa shape index (κ3) is 2.17. The summed E-state index contributed by atoms with van der Waals surface area (Å²) in [6, 6.07) is 5.76. The lowest BCUT2D eigenvalue weighted by molar-refractivity contribution is -0.137. The Morgan fingerprint density at radius 2 is 2.11 bits per heavy atom. The van der Waals surface area contributed by atoms with Gasteiger partial charge in [0.15, 0.2) is 5.82 Å². The third-order valence-electron chi connectivity index (χ3n) is 2.24. The number of hydrogen-bond acceptors (Lipinski definition) is 2. The predicted octanol–water partition coefficient (Wildman–Crippen LogP) is 3.42. The SMILES string of the molecule is N#Cc1cccn1-c1ncc(C(F)(F)F)cc1Cl. The van der Waals surface area contributed by atoms with Crippen LogP contribution >= 0.6 is 11.6 Å². The van der Waals surface area contributed by atoms with Crippen LogP contribution in [0.5, 0.6) is 0 Å². The van der Waals surface area contributed by atoms with E-state index in [1.165, 1.54) is 16.8 Å². The number of halogens is 4. The van der Waals surface area contributed by atoms with E-state index in [0.717, 1.165) is 6.07 Å². The molecule has 0 N–H and O–H groups in total. The first-order valence-electron chi connectivity index (χ1n) is 4.74. The smallest absolute Gasteiger partial charge is 0.291 e. The Labute approximate surface area is 105 Å². The number of alkyl halides is 3. The maximum absolute atomic E-state index is 12.4. The van der Waals surface area contributed by atoms with Gasteiger partial charge in [-0.1, -0.05) is 11.6 Å². The standard InChI is InChI=1S/C11H5ClF3N3/c12-9-4-7(11(13,14)15)6-17-10(9)18-3-1-2-8(18)5-16/h1-4,6H. The van der Waals surface area contributed by atoms with E-state index in [9.17, 15) is 13.2 Å². The van der Waals surface area contributed by atoms with Crippen LogP contribution < -0.4 is 0 Å². The van der Waals surface area contributed by atoms with Gasteiger partial charge in [0.2, 0.25) is 0 Å². The molecule has 0 unspecified atom stereocenters. The summed E-state index contributed by atoms with van der Waals surface area (Å²) < 4.78 is 38.6. The van der Waals surface area contributed by atoms with Crippen LogP contribution in [-0.2, 0) is 6.18 Å². The Balaban J connectivity index is 2.53. The molecule has 2 heterocycles. The molecule has 0 saturated carbocycles. The van der Waals surface area contributed by atoms with Gasteiger partial charge >= 0.3 is 6.18 Å². The maximum atomic E-state index is 12.4. The van der Waals surface area contributed by atoms with Crippen molar-refractivity contribution in [2.24, 2.45) is 0 Å². The number of hydrogen-bond donors (Lipinski definition) is 0. The number of nitrogens with zero attached hydrogens (tertiary/aromatic N) is 3. The van der Waals surface area contributed by atoms with E-state index in [2.05, 4.69) is 4.98 Å². The lowest BCUT2D eigenvalue weighted by Crippen LogP contribution is -2.08. The Hall–Kier alpha value is -2.00. The van der Waals surface area contributed by atoms with Crippen LogP contribution in [0.15, 0.2) is 30.6 Å². The van der Waals surface area contributed by atoms with Crippen LogP contribution in [-0.4, -0.2) is 9.55 Å². The Morgan fingerprint density at radius 3 is 2.67 bits per heavy atom. The van der Waals surface area contributed by atoms with E-state index in [1.807, 2.05) is 6.07 Å². The van der Waals surface area contributed by atoms with Gasteiger partial charge in [-0.25, -0.2) is 4.98 Å². The normalized spacial score (nSPS) is 11.3. The summed E-state index contributed by atoms with van der Waals surface area (Å²) >= 11 is 5.76. The molecule has 0 amide bonds. The fourth-order valence-electron chi connectivity index (χ4n) is 1.42. The molecule has 0 aliphatic heterocycles. The van der Waals surface area contributed by atoms with Crippen molar-refractivity contribution in [3.8, 4) is 11.9 Å². The summed E-state index contributed by atoms with van der Waals surface area (Å²) in [5.41, 5.74) is -0.689. The lowest BCUT2D eigenvalue weighted by atomic mass is 10.2. The molecule has 0 fully saturated rings. The van der Waals surface area contributed by atoms with Crippen molar-refractivity contribution in [3.63, 3.8) is 0 Å². The van der Waals surface area contributed by atoms with Crippen molar-refractivity contribution >= 4 is 11.6 Å². The fraction of sp³-hybridized carbons (Fsp3) is 0.0909.